The molecule has 6 nitrogen and oxygen atoms in total. The quantitative estimate of drug-likeness (QED) is 0.766. The van der Waals surface area contributed by atoms with E-state index in [0.717, 1.165) is 22.3 Å². The third-order valence-electron chi connectivity index (χ3n) is 5.09. The molecule has 1 saturated heterocycles. The molecule has 0 bridgehead atoms. The molecule has 1 fully saturated rings. The van der Waals surface area contributed by atoms with Gasteiger partial charge in [0.25, 0.3) is 5.91 Å². The summed E-state index contributed by atoms with van der Waals surface area (Å²) in [6.45, 7) is 2.87. The average molecular weight is 338 g/mol. The van der Waals surface area contributed by atoms with Crippen LogP contribution in [0.4, 0.5) is 0 Å². The van der Waals surface area contributed by atoms with Crippen LogP contribution in [0.25, 0.3) is 10.9 Å². The van der Waals surface area contributed by atoms with E-state index in [1.54, 1.807) is 4.90 Å². The number of carbonyl (C=O) groups is 1. The minimum absolute atomic E-state index is 0.0151. The van der Waals surface area contributed by atoms with Gasteiger partial charge in [0, 0.05) is 42.7 Å². The lowest BCUT2D eigenvalue weighted by atomic mass is 10.0. The monoisotopic (exact) mass is 338 g/mol. The number of aromatic nitrogens is 3. The van der Waals surface area contributed by atoms with Crippen molar-refractivity contribution >= 4 is 16.8 Å². The number of aliphatic hydroxyl groups is 1. The van der Waals surface area contributed by atoms with Crippen LogP contribution >= 0.6 is 0 Å². The SMILES string of the molecule is Cc1cc(C[C@@H]2CN(C(=O)c3cc4ccccc4n3C)C[C@H]2O)n[nH]1. The summed E-state index contributed by atoms with van der Waals surface area (Å²) < 4.78 is 1.93. The van der Waals surface area contributed by atoms with Crippen LogP contribution in [-0.2, 0) is 13.5 Å². The zero-order valence-corrected chi connectivity index (χ0v) is 14.4. The lowest BCUT2D eigenvalue weighted by Gasteiger charge is -2.16. The van der Waals surface area contributed by atoms with Crippen molar-refractivity contribution in [1.29, 1.82) is 0 Å². The number of hydrogen-bond acceptors (Lipinski definition) is 3. The number of H-pyrrole nitrogens is 1. The Morgan fingerprint density at radius 3 is 2.84 bits per heavy atom. The molecule has 0 aliphatic carbocycles. The highest BCUT2D eigenvalue weighted by Gasteiger charge is 2.35. The molecule has 0 saturated carbocycles. The fraction of sp³-hybridized carbons (Fsp3) is 0.368. The highest BCUT2D eigenvalue weighted by Crippen LogP contribution is 2.25. The predicted molar refractivity (Wildman–Crippen MR) is 95.3 cm³/mol. The molecule has 0 spiro atoms. The second-order valence-corrected chi connectivity index (χ2v) is 6.93. The van der Waals surface area contributed by atoms with Crippen LogP contribution in [0, 0.1) is 12.8 Å². The fourth-order valence-electron chi connectivity index (χ4n) is 3.72. The third kappa shape index (κ3) is 2.82. The van der Waals surface area contributed by atoms with Crippen molar-refractivity contribution in [3.05, 3.63) is 53.5 Å². The minimum atomic E-state index is -0.518. The van der Waals surface area contributed by atoms with Gasteiger partial charge in [0.2, 0.25) is 0 Å². The maximum absolute atomic E-state index is 13.0. The number of rotatable bonds is 3. The van der Waals surface area contributed by atoms with Gasteiger partial charge in [-0.15, -0.1) is 0 Å². The number of carbonyl (C=O) groups excluding carboxylic acids is 1. The summed E-state index contributed by atoms with van der Waals surface area (Å²) in [7, 11) is 1.91. The largest absolute Gasteiger partial charge is 0.391 e. The number of aliphatic hydroxyl groups excluding tert-OH is 1. The van der Waals surface area contributed by atoms with Crippen LogP contribution < -0.4 is 0 Å². The van der Waals surface area contributed by atoms with Crippen molar-refractivity contribution in [2.45, 2.75) is 19.4 Å². The van der Waals surface area contributed by atoms with Gasteiger partial charge in [-0.25, -0.2) is 0 Å². The first-order valence-corrected chi connectivity index (χ1v) is 8.55. The molecule has 4 rings (SSSR count). The van der Waals surface area contributed by atoms with E-state index in [2.05, 4.69) is 10.2 Å². The zero-order chi connectivity index (χ0) is 17.6. The van der Waals surface area contributed by atoms with Gasteiger partial charge in [-0.05, 0) is 31.5 Å². The Kier molecular flexibility index (Phi) is 3.84. The lowest BCUT2D eigenvalue weighted by molar-refractivity contribution is 0.0756. The van der Waals surface area contributed by atoms with Crippen molar-refractivity contribution in [3.63, 3.8) is 0 Å². The van der Waals surface area contributed by atoms with E-state index < -0.39 is 6.10 Å². The molecule has 130 valence electrons. The highest BCUT2D eigenvalue weighted by molar-refractivity contribution is 5.98. The van der Waals surface area contributed by atoms with Crippen molar-refractivity contribution in [2.75, 3.05) is 13.1 Å². The summed E-state index contributed by atoms with van der Waals surface area (Å²) in [5.74, 6) is -0.0141. The molecule has 3 aromatic rings. The molecule has 3 heterocycles. The van der Waals surface area contributed by atoms with Gasteiger partial charge in [0.1, 0.15) is 5.69 Å². The molecule has 6 heteroatoms. The summed E-state index contributed by atoms with van der Waals surface area (Å²) in [5.41, 5.74) is 3.63. The first-order valence-electron chi connectivity index (χ1n) is 8.55. The van der Waals surface area contributed by atoms with Crippen LogP contribution in [0.3, 0.4) is 0 Å². The number of β-amino-alcohol motifs (C(OH)–C–C–N with tert-alkyl or cyclic N) is 1. The van der Waals surface area contributed by atoms with Gasteiger partial charge in [-0.2, -0.15) is 5.10 Å². The van der Waals surface area contributed by atoms with Crippen molar-refractivity contribution in [3.8, 4) is 0 Å². The molecule has 2 aromatic heterocycles. The molecular weight excluding hydrogens is 316 g/mol. The summed E-state index contributed by atoms with van der Waals surface area (Å²) in [6, 6.07) is 11.9. The second kappa shape index (κ2) is 6.04. The Balaban J connectivity index is 1.53. The van der Waals surface area contributed by atoms with Crippen LogP contribution in [0.5, 0.6) is 0 Å². The van der Waals surface area contributed by atoms with Gasteiger partial charge in [0.15, 0.2) is 0 Å². The summed E-state index contributed by atoms with van der Waals surface area (Å²) in [5, 5.41) is 18.6. The number of amides is 1. The number of aryl methyl sites for hydroxylation is 2. The number of para-hydroxylation sites is 1. The Morgan fingerprint density at radius 1 is 1.32 bits per heavy atom. The first-order chi connectivity index (χ1) is 12.0. The number of nitrogens with one attached hydrogen (secondary N) is 1. The van der Waals surface area contributed by atoms with E-state index in [-0.39, 0.29) is 11.8 Å². The maximum Gasteiger partial charge on any atom is 0.270 e. The first kappa shape index (κ1) is 15.9. The smallest absolute Gasteiger partial charge is 0.270 e. The standard InChI is InChI=1S/C19H22N4O2/c1-12-7-15(21-20-12)8-14-10-23(11-18(14)24)19(25)17-9-13-5-3-4-6-16(13)22(17)2/h3-7,9,14,18,24H,8,10-11H2,1-2H3,(H,20,21)/t14-,18-/m1/s1. The minimum Gasteiger partial charge on any atom is -0.391 e. The van der Waals surface area contributed by atoms with E-state index in [0.29, 0.717) is 25.2 Å². The Labute approximate surface area is 146 Å². The van der Waals surface area contributed by atoms with E-state index >= 15 is 0 Å². The third-order valence-corrected chi connectivity index (χ3v) is 5.09. The fourth-order valence-corrected chi connectivity index (χ4v) is 3.72. The Bertz CT molecular complexity index is 927. The number of aromatic amines is 1. The molecule has 0 unspecified atom stereocenters. The predicted octanol–water partition coefficient (Wildman–Crippen LogP) is 1.89. The van der Waals surface area contributed by atoms with Crippen molar-refractivity contribution < 1.29 is 9.90 Å². The molecule has 1 aliphatic rings. The molecule has 2 atom stereocenters. The molecule has 25 heavy (non-hydrogen) atoms. The lowest BCUT2D eigenvalue weighted by Crippen LogP contribution is -2.31. The molecule has 0 radical (unpaired) electrons. The normalized spacial score (nSPS) is 20.5. The average Bonchev–Trinajstić information content (AvgIpc) is 3.27. The van der Waals surface area contributed by atoms with Crippen molar-refractivity contribution in [1.82, 2.24) is 19.7 Å². The van der Waals surface area contributed by atoms with E-state index in [9.17, 15) is 9.90 Å². The van der Waals surface area contributed by atoms with Gasteiger partial charge in [-0.3, -0.25) is 9.89 Å². The Morgan fingerprint density at radius 2 is 2.12 bits per heavy atom. The van der Waals surface area contributed by atoms with Crippen LogP contribution in [-0.4, -0.2) is 49.9 Å². The molecule has 1 aromatic carbocycles. The highest BCUT2D eigenvalue weighted by atomic mass is 16.3. The molecule has 1 amide bonds. The zero-order valence-electron chi connectivity index (χ0n) is 14.4. The van der Waals surface area contributed by atoms with E-state index in [1.165, 1.54) is 0 Å². The number of likely N-dealkylation sites (tertiary alicyclic amines) is 1. The molecule has 2 N–H and O–H groups in total. The number of hydrogen-bond donors (Lipinski definition) is 2. The molecular formula is C19H22N4O2. The van der Waals surface area contributed by atoms with Crippen LogP contribution in [0.1, 0.15) is 21.9 Å². The summed E-state index contributed by atoms with van der Waals surface area (Å²) >= 11 is 0. The summed E-state index contributed by atoms with van der Waals surface area (Å²) in [6.07, 6.45) is 0.153. The Hall–Kier alpha value is -2.60. The van der Waals surface area contributed by atoms with Crippen molar-refractivity contribution in [2.24, 2.45) is 13.0 Å². The topological polar surface area (TPSA) is 74.2 Å². The summed E-state index contributed by atoms with van der Waals surface area (Å²) in [4.78, 5) is 14.7. The van der Waals surface area contributed by atoms with Gasteiger partial charge >= 0.3 is 0 Å². The van der Waals surface area contributed by atoms with Crippen LogP contribution in [0.15, 0.2) is 36.4 Å². The van der Waals surface area contributed by atoms with E-state index in [4.69, 9.17) is 0 Å². The van der Waals surface area contributed by atoms with E-state index in [1.807, 2.05) is 54.9 Å². The van der Waals surface area contributed by atoms with Gasteiger partial charge < -0.3 is 14.6 Å². The van der Waals surface area contributed by atoms with Crippen LogP contribution in [0.2, 0.25) is 0 Å². The molecule has 1 aliphatic heterocycles. The van der Waals surface area contributed by atoms with Gasteiger partial charge in [-0.1, -0.05) is 18.2 Å². The van der Waals surface area contributed by atoms with Gasteiger partial charge in [0.05, 0.1) is 11.8 Å². The second-order valence-electron chi connectivity index (χ2n) is 6.93. The number of nitrogens with zero attached hydrogens (tertiary/aromatic N) is 3. The number of fused-ring (bicyclic) bond motifs is 1. The number of benzene rings is 1. The maximum atomic E-state index is 13.0.